The predicted octanol–water partition coefficient (Wildman–Crippen LogP) is -0.574. The number of hydrogen-bond acceptors (Lipinski definition) is 12. The van der Waals surface area contributed by atoms with Crippen LogP contribution in [0, 0.1) is 6.92 Å². The summed E-state index contributed by atoms with van der Waals surface area (Å²) >= 11 is 0. The van der Waals surface area contributed by atoms with Crippen molar-refractivity contribution in [2.24, 2.45) is 0 Å². The molecule has 0 aliphatic carbocycles. The molecular weight excluding hydrogens is 774 g/mol. The first kappa shape index (κ1) is 47.5. The molecule has 2 aromatic carbocycles. The topological polar surface area (TPSA) is 165 Å². The van der Waals surface area contributed by atoms with Gasteiger partial charge in [-0.15, -0.1) is 0 Å². The van der Waals surface area contributed by atoms with Gasteiger partial charge in [0.15, 0.2) is 5.78 Å². The minimum absolute atomic E-state index is 0. The Morgan fingerprint density at radius 3 is 2.02 bits per heavy atom. The number of carbonyl (C=O) groups excluding carboxylic acids is 2. The van der Waals surface area contributed by atoms with Gasteiger partial charge in [-0.05, 0) is 47.4 Å². The summed E-state index contributed by atoms with van der Waals surface area (Å²) in [4.78, 5) is 43.8. The average molecular weight is 834 g/mol. The zero-order valence-corrected chi connectivity index (χ0v) is 35.1. The molecular formula is C44H60ClN7O7. The number of piperazine rings is 1. The first-order valence-electron chi connectivity index (χ1n) is 20.3. The highest BCUT2D eigenvalue weighted by atomic mass is 35.5. The van der Waals surface area contributed by atoms with Crippen LogP contribution in [0.3, 0.4) is 0 Å². The average Bonchev–Trinajstić information content (AvgIpc) is 3.24. The molecule has 15 heteroatoms. The third kappa shape index (κ3) is 17.9. The Morgan fingerprint density at radius 1 is 0.746 bits per heavy atom. The van der Waals surface area contributed by atoms with Crippen LogP contribution in [0.1, 0.15) is 38.4 Å². The van der Waals surface area contributed by atoms with Crippen molar-refractivity contribution in [1.82, 2.24) is 30.1 Å². The van der Waals surface area contributed by atoms with E-state index in [-0.39, 0.29) is 24.1 Å². The Balaban J connectivity index is 0.00000769. The number of carbonyl (C=O) groups is 2. The number of hydrogen-bond donors (Lipinski definition) is 2. The zero-order chi connectivity index (χ0) is 40.6. The number of ketones is 1. The molecule has 14 nitrogen and oxygen atoms in total. The number of benzene rings is 2. The summed E-state index contributed by atoms with van der Waals surface area (Å²) in [5.74, 6) is 0.815. The Labute approximate surface area is 354 Å². The number of nitrogens with one attached hydrogen (secondary N) is 1. The Morgan fingerprint density at radius 2 is 1.37 bits per heavy atom. The van der Waals surface area contributed by atoms with Gasteiger partial charge in [0.25, 0.3) is 0 Å². The van der Waals surface area contributed by atoms with E-state index in [0.29, 0.717) is 97.6 Å². The molecule has 5 rings (SSSR count). The summed E-state index contributed by atoms with van der Waals surface area (Å²) in [5.41, 5.74) is 10.6. The number of quaternary nitrogens is 1. The normalized spacial score (nSPS) is 13.3. The van der Waals surface area contributed by atoms with Crippen molar-refractivity contribution in [3.63, 3.8) is 0 Å². The van der Waals surface area contributed by atoms with Crippen LogP contribution in [0.4, 0.5) is 0 Å². The molecule has 0 atom stereocenters. The van der Waals surface area contributed by atoms with Gasteiger partial charge in [0.1, 0.15) is 5.82 Å². The molecule has 0 saturated carbocycles. The Kier molecular flexibility index (Phi) is 22.1. The summed E-state index contributed by atoms with van der Waals surface area (Å²) in [7, 11) is 0. The maximum Gasteiger partial charge on any atom is 0.234 e. The quantitative estimate of drug-likeness (QED) is 0.0582. The van der Waals surface area contributed by atoms with Crippen molar-refractivity contribution in [3.05, 3.63) is 113 Å². The lowest BCUT2D eigenvalue weighted by atomic mass is 9.97. The standard InChI is InChI=1S/C44H59N7O7.ClH/c1-35-4-5-37(29-40(35)31-43-47-13-10-41(49-43)39-3-2-12-46-32-39)30-42(52)38-8-6-36(7-9-38)33-50-15-17-51(18-16-50)34-44(53)48-14-20-55-22-24-57-26-28-58-27-25-56-23-21-54-19-11-45;/h2-10,12-13,29,32H,11,14-28,30-31,33-34,45H2,1H3,(H,48,53);1H. The van der Waals surface area contributed by atoms with E-state index >= 15 is 0 Å². The van der Waals surface area contributed by atoms with Gasteiger partial charge >= 0.3 is 0 Å². The molecule has 0 radical (unpaired) electrons. The number of halogens is 1. The predicted molar refractivity (Wildman–Crippen MR) is 220 cm³/mol. The number of pyridine rings is 1. The fourth-order valence-corrected chi connectivity index (χ4v) is 6.41. The highest BCUT2D eigenvalue weighted by Gasteiger charge is 2.19. The number of Topliss-reactive ketones (excluding diaryl/α,β-unsaturated/α-hetero) is 1. The first-order valence-corrected chi connectivity index (χ1v) is 20.3. The molecule has 2 aromatic heterocycles. The molecule has 4 aromatic rings. The molecule has 59 heavy (non-hydrogen) atoms. The van der Waals surface area contributed by atoms with E-state index in [2.05, 4.69) is 49.9 Å². The lowest BCUT2D eigenvalue weighted by Gasteiger charge is -2.34. The summed E-state index contributed by atoms with van der Waals surface area (Å²) in [6.45, 7) is 13.1. The minimum atomic E-state index is 0. The number of amides is 1. The van der Waals surface area contributed by atoms with Crippen LogP contribution in [0.2, 0.25) is 0 Å². The van der Waals surface area contributed by atoms with E-state index in [9.17, 15) is 9.59 Å². The van der Waals surface area contributed by atoms with Crippen molar-refractivity contribution >= 4 is 11.7 Å². The van der Waals surface area contributed by atoms with E-state index in [0.717, 1.165) is 78.6 Å². The third-order valence-electron chi connectivity index (χ3n) is 9.65. The second-order valence-electron chi connectivity index (χ2n) is 14.2. The number of aryl methyl sites for hydroxylation is 1. The van der Waals surface area contributed by atoms with Crippen molar-refractivity contribution in [2.45, 2.75) is 26.3 Å². The molecule has 320 valence electrons. The Hall–Kier alpha value is -4.22. The molecule has 1 fully saturated rings. The van der Waals surface area contributed by atoms with E-state index < -0.39 is 0 Å². The third-order valence-corrected chi connectivity index (χ3v) is 9.65. The molecule has 1 aliphatic heterocycles. The number of rotatable bonds is 27. The largest absolute Gasteiger partial charge is 1.00 e. The van der Waals surface area contributed by atoms with Crippen LogP contribution >= 0.6 is 0 Å². The second kappa shape index (κ2) is 27.5. The van der Waals surface area contributed by atoms with Gasteiger partial charge in [0, 0.05) is 81.8 Å². The van der Waals surface area contributed by atoms with Gasteiger partial charge in [-0.2, -0.15) is 0 Å². The van der Waals surface area contributed by atoms with E-state index in [1.54, 1.807) is 18.6 Å². The smallest absolute Gasteiger partial charge is 0.234 e. The fraction of sp³-hybridized carbons (Fsp3) is 0.477. The van der Waals surface area contributed by atoms with Gasteiger partial charge in [-0.3, -0.25) is 24.4 Å². The van der Waals surface area contributed by atoms with Crippen LogP contribution in [-0.2, 0) is 47.9 Å². The van der Waals surface area contributed by atoms with Crippen LogP contribution in [0.5, 0.6) is 0 Å². The molecule has 0 spiro atoms. The lowest BCUT2D eigenvalue weighted by molar-refractivity contribution is -0.374. The number of ether oxygens (including phenoxy) is 5. The van der Waals surface area contributed by atoms with Crippen LogP contribution in [0.15, 0.2) is 79.3 Å². The number of aromatic nitrogens is 3. The minimum Gasteiger partial charge on any atom is -1.00 e. The molecule has 0 bridgehead atoms. The van der Waals surface area contributed by atoms with E-state index in [1.807, 2.05) is 48.5 Å². The summed E-state index contributed by atoms with van der Waals surface area (Å²) < 4.78 is 27.3. The van der Waals surface area contributed by atoms with Crippen molar-refractivity contribution in [1.29, 1.82) is 0 Å². The zero-order valence-electron chi connectivity index (χ0n) is 34.3. The van der Waals surface area contributed by atoms with E-state index in [4.69, 9.17) is 28.7 Å². The van der Waals surface area contributed by atoms with Crippen LogP contribution in [0.25, 0.3) is 11.3 Å². The highest BCUT2D eigenvalue weighted by molar-refractivity contribution is 5.97. The van der Waals surface area contributed by atoms with Crippen molar-refractivity contribution < 1.29 is 51.4 Å². The van der Waals surface area contributed by atoms with Gasteiger partial charge < -0.3 is 47.1 Å². The Bertz CT molecular complexity index is 1800. The van der Waals surface area contributed by atoms with Crippen LogP contribution < -0.4 is 23.5 Å². The maximum atomic E-state index is 13.3. The summed E-state index contributed by atoms with van der Waals surface area (Å²) in [6, 6.07) is 19.9. The van der Waals surface area contributed by atoms with E-state index in [1.165, 1.54) is 0 Å². The van der Waals surface area contributed by atoms with Gasteiger partial charge in [0.05, 0.1) is 84.9 Å². The summed E-state index contributed by atoms with van der Waals surface area (Å²) in [5, 5.41) is 2.95. The molecule has 3 heterocycles. The molecule has 1 aliphatic rings. The maximum absolute atomic E-state index is 13.3. The first-order chi connectivity index (χ1) is 28.5. The summed E-state index contributed by atoms with van der Waals surface area (Å²) in [6.07, 6.45) is 6.23. The fourth-order valence-electron chi connectivity index (χ4n) is 6.41. The molecule has 4 N–H and O–H groups in total. The van der Waals surface area contributed by atoms with Gasteiger partial charge in [-0.1, -0.05) is 42.5 Å². The van der Waals surface area contributed by atoms with Gasteiger partial charge in [0.2, 0.25) is 5.91 Å². The molecule has 1 saturated heterocycles. The van der Waals surface area contributed by atoms with Gasteiger partial charge in [-0.25, -0.2) is 9.97 Å². The number of nitrogens with zero attached hydrogens (tertiary/aromatic N) is 5. The second-order valence-corrected chi connectivity index (χ2v) is 14.2. The molecule has 1 amide bonds. The van der Waals surface area contributed by atoms with Crippen LogP contribution in [-0.4, -0.2) is 148 Å². The highest BCUT2D eigenvalue weighted by Crippen LogP contribution is 2.20. The van der Waals surface area contributed by atoms with Crippen molar-refractivity contribution in [2.75, 3.05) is 112 Å². The lowest BCUT2D eigenvalue weighted by Crippen LogP contribution is -3.00. The molecule has 0 unspecified atom stereocenters. The van der Waals surface area contributed by atoms with Crippen molar-refractivity contribution in [3.8, 4) is 11.3 Å². The monoisotopic (exact) mass is 833 g/mol. The SMILES string of the molecule is Cc1ccc(CC(=O)c2ccc(CN3CCN(CC(=O)NCCOCCOCCOCCOCCOCC[NH3+])CC3)cc2)cc1Cc1nccc(-c2cccnc2)n1.[Cl-].